The van der Waals surface area contributed by atoms with Crippen LogP contribution in [0.1, 0.15) is 39.5 Å². The van der Waals surface area contributed by atoms with E-state index in [1.165, 1.54) is 25.7 Å². The number of aliphatic imine (C=N–C) groups is 1. The van der Waals surface area contributed by atoms with Crippen LogP contribution in [0, 0.1) is 17.8 Å². The van der Waals surface area contributed by atoms with E-state index in [4.69, 9.17) is 5.73 Å². The molecule has 3 heteroatoms. The van der Waals surface area contributed by atoms with Crippen molar-refractivity contribution in [3.63, 3.8) is 0 Å². The first-order chi connectivity index (χ1) is 7.16. The molecule has 2 fully saturated rings. The molecule has 86 valence electrons. The molecular weight excluding hydrogens is 186 g/mol. The summed E-state index contributed by atoms with van der Waals surface area (Å²) in [6.07, 6.45) is 5.77. The lowest BCUT2D eigenvalue weighted by Crippen LogP contribution is -2.36. The normalized spacial score (nSPS) is 31.5. The van der Waals surface area contributed by atoms with Gasteiger partial charge in [-0.1, -0.05) is 19.3 Å². The van der Waals surface area contributed by atoms with Gasteiger partial charge in [0.1, 0.15) is 0 Å². The van der Waals surface area contributed by atoms with Crippen LogP contribution in [0.2, 0.25) is 0 Å². The first-order valence-electron chi connectivity index (χ1n) is 6.23. The summed E-state index contributed by atoms with van der Waals surface area (Å²) in [6.45, 7) is 5.10. The quantitative estimate of drug-likeness (QED) is 0.547. The molecule has 2 atom stereocenters. The number of hydrogen-bond acceptors (Lipinski definition) is 1. The van der Waals surface area contributed by atoms with Gasteiger partial charge in [0.15, 0.2) is 5.96 Å². The van der Waals surface area contributed by atoms with Crippen LogP contribution in [0.15, 0.2) is 4.99 Å². The van der Waals surface area contributed by atoms with E-state index < -0.39 is 0 Å². The summed E-state index contributed by atoms with van der Waals surface area (Å²) in [4.78, 5) is 4.40. The summed E-state index contributed by atoms with van der Waals surface area (Å²) in [7, 11) is 0. The predicted molar refractivity (Wildman–Crippen MR) is 63.7 cm³/mol. The van der Waals surface area contributed by atoms with E-state index >= 15 is 0 Å². The second kappa shape index (κ2) is 4.42. The van der Waals surface area contributed by atoms with Crippen molar-refractivity contribution in [3.05, 3.63) is 0 Å². The smallest absolute Gasteiger partial charge is 0.188 e. The molecule has 0 aromatic carbocycles. The SMILES string of the molecule is CC(C)NC(N)=NC[C@@H]1C[C@H]1C1CCC1. The Morgan fingerprint density at radius 3 is 2.73 bits per heavy atom. The van der Waals surface area contributed by atoms with Gasteiger partial charge in [-0.2, -0.15) is 0 Å². The van der Waals surface area contributed by atoms with Crippen molar-refractivity contribution in [2.45, 2.75) is 45.6 Å². The highest BCUT2D eigenvalue weighted by atomic mass is 15.1. The lowest BCUT2D eigenvalue weighted by Gasteiger charge is -2.25. The fourth-order valence-electron chi connectivity index (χ4n) is 2.48. The van der Waals surface area contributed by atoms with Crippen molar-refractivity contribution in [1.82, 2.24) is 5.32 Å². The molecule has 0 aliphatic heterocycles. The van der Waals surface area contributed by atoms with E-state index in [2.05, 4.69) is 24.2 Å². The molecule has 0 radical (unpaired) electrons. The van der Waals surface area contributed by atoms with Crippen LogP contribution in [0.5, 0.6) is 0 Å². The average molecular weight is 209 g/mol. The molecule has 2 aliphatic rings. The van der Waals surface area contributed by atoms with Crippen LogP contribution in [0.25, 0.3) is 0 Å². The van der Waals surface area contributed by atoms with Crippen molar-refractivity contribution in [1.29, 1.82) is 0 Å². The summed E-state index contributed by atoms with van der Waals surface area (Å²) < 4.78 is 0. The van der Waals surface area contributed by atoms with Gasteiger partial charge >= 0.3 is 0 Å². The molecule has 0 aromatic heterocycles. The standard InChI is InChI=1S/C12H23N3/c1-8(2)15-12(13)14-7-10-6-11(10)9-4-3-5-9/h8-11H,3-7H2,1-2H3,(H3,13,14,15)/t10-,11-/m0/s1. The third-order valence-electron chi connectivity index (χ3n) is 3.67. The molecule has 3 N–H and O–H groups in total. The van der Waals surface area contributed by atoms with Gasteiger partial charge in [0, 0.05) is 12.6 Å². The minimum atomic E-state index is 0.385. The molecule has 2 aliphatic carbocycles. The molecule has 0 aromatic rings. The number of nitrogens with one attached hydrogen (secondary N) is 1. The van der Waals surface area contributed by atoms with Crippen LogP contribution in [-0.4, -0.2) is 18.5 Å². The number of nitrogens with zero attached hydrogens (tertiary/aromatic N) is 1. The molecule has 2 saturated carbocycles. The number of rotatable bonds is 4. The van der Waals surface area contributed by atoms with Gasteiger partial charge in [0.25, 0.3) is 0 Å². The Morgan fingerprint density at radius 1 is 1.47 bits per heavy atom. The highest BCUT2D eigenvalue weighted by Crippen LogP contribution is 2.51. The van der Waals surface area contributed by atoms with Crippen molar-refractivity contribution in [2.24, 2.45) is 28.5 Å². The summed E-state index contributed by atoms with van der Waals surface area (Å²) in [5.41, 5.74) is 5.76. The van der Waals surface area contributed by atoms with E-state index in [-0.39, 0.29) is 0 Å². The lowest BCUT2D eigenvalue weighted by atomic mass is 9.81. The van der Waals surface area contributed by atoms with Crippen molar-refractivity contribution in [3.8, 4) is 0 Å². The zero-order valence-corrected chi connectivity index (χ0v) is 9.87. The Bertz CT molecular complexity index is 243. The average Bonchev–Trinajstić information content (AvgIpc) is 2.76. The maximum absolute atomic E-state index is 5.76. The monoisotopic (exact) mass is 209 g/mol. The van der Waals surface area contributed by atoms with E-state index in [9.17, 15) is 0 Å². The molecule has 2 rings (SSSR count). The zero-order chi connectivity index (χ0) is 10.8. The van der Waals surface area contributed by atoms with Crippen molar-refractivity contribution >= 4 is 5.96 Å². The third-order valence-corrected chi connectivity index (χ3v) is 3.67. The van der Waals surface area contributed by atoms with Gasteiger partial charge in [0.05, 0.1) is 0 Å². The first kappa shape index (κ1) is 10.8. The number of nitrogens with two attached hydrogens (primary N) is 1. The van der Waals surface area contributed by atoms with E-state index in [1.54, 1.807) is 0 Å². The highest BCUT2D eigenvalue weighted by molar-refractivity contribution is 5.78. The molecule has 0 unspecified atom stereocenters. The van der Waals surface area contributed by atoms with Crippen LogP contribution in [0.4, 0.5) is 0 Å². The van der Waals surface area contributed by atoms with Gasteiger partial charge in [-0.25, -0.2) is 0 Å². The molecule has 0 bridgehead atoms. The van der Waals surface area contributed by atoms with Crippen LogP contribution in [-0.2, 0) is 0 Å². The molecular formula is C12H23N3. The molecule has 15 heavy (non-hydrogen) atoms. The molecule has 0 heterocycles. The minimum absolute atomic E-state index is 0.385. The van der Waals surface area contributed by atoms with Gasteiger partial charge in [-0.15, -0.1) is 0 Å². The third kappa shape index (κ3) is 2.86. The number of hydrogen-bond donors (Lipinski definition) is 2. The summed E-state index contributed by atoms with van der Waals surface area (Å²) >= 11 is 0. The fourth-order valence-corrected chi connectivity index (χ4v) is 2.48. The Balaban J connectivity index is 1.66. The van der Waals surface area contributed by atoms with Crippen molar-refractivity contribution in [2.75, 3.05) is 6.54 Å². The summed E-state index contributed by atoms with van der Waals surface area (Å²) in [5.74, 6) is 3.46. The van der Waals surface area contributed by atoms with Gasteiger partial charge < -0.3 is 11.1 Å². The van der Waals surface area contributed by atoms with E-state index in [0.717, 1.165) is 24.3 Å². The molecule has 0 amide bonds. The van der Waals surface area contributed by atoms with Gasteiger partial charge in [-0.3, -0.25) is 4.99 Å². The summed E-state index contributed by atoms with van der Waals surface area (Å²) in [5, 5.41) is 3.13. The summed E-state index contributed by atoms with van der Waals surface area (Å²) in [6, 6.07) is 0.385. The number of guanidine groups is 1. The Labute approximate surface area is 92.5 Å². The Kier molecular flexibility index (Phi) is 3.17. The zero-order valence-electron chi connectivity index (χ0n) is 9.87. The van der Waals surface area contributed by atoms with E-state index in [1.807, 2.05) is 0 Å². The molecule has 0 saturated heterocycles. The minimum Gasteiger partial charge on any atom is -0.370 e. The second-order valence-electron chi connectivity index (χ2n) is 5.38. The molecule has 3 nitrogen and oxygen atoms in total. The highest BCUT2D eigenvalue weighted by Gasteiger charge is 2.44. The van der Waals surface area contributed by atoms with Crippen molar-refractivity contribution < 1.29 is 0 Å². The Hall–Kier alpha value is -0.730. The van der Waals surface area contributed by atoms with E-state index in [0.29, 0.717) is 12.0 Å². The lowest BCUT2D eigenvalue weighted by molar-refractivity contribution is 0.266. The van der Waals surface area contributed by atoms with Gasteiger partial charge in [0.2, 0.25) is 0 Å². The van der Waals surface area contributed by atoms with Crippen LogP contribution < -0.4 is 11.1 Å². The fraction of sp³-hybridized carbons (Fsp3) is 0.917. The topological polar surface area (TPSA) is 50.4 Å². The second-order valence-corrected chi connectivity index (χ2v) is 5.38. The van der Waals surface area contributed by atoms with Gasteiger partial charge in [-0.05, 0) is 38.0 Å². The van der Waals surface area contributed by atoms with Crippen LogP contribution in [0.3, 0.4) is 0 Å². The maximum Gasteiger partial charge on any atom is 0.188 e. The molecule has 0 spiro atoms. The van der Waals surface area contributed by atoms with Crippen LogP contribution >= 0.6 is 0 Å². The maximum atomic E-state index is 5.76. The first-order valence-corrected chi connectivity index (χ1v) is 6.23. The predicted octanol–water partition coefficient (Wildman–Crippen LogP) is 1.74. The largest absolute Gasteiger partial charge is 0.370 e. The Morgan fingerprint density at radius 2 is 2.20 bits per heavy atom.